The molecule has 0 radical (unpaired) electrons. The Bertz CT molecular complexity index is 594. The molecular formula is C11H17N7O. The van der Waals surface area contributed by atoms with E-state index in [0.29, 0.717) is 18.1 Å². The van der Waals surface area contributed by atoms with Gasteiger partial charge in [0.25, 0.3) is 0 Å². The predicted molar refractivity (Wildman–Crippen MR) is 71.6 cm³/mol. The van der Waals surface area contributed by atoms with E-state index in [1.165, 1.54) is 0 Å². The van der Waals surface area contributed by atoms with E-state index in [0.717, 1.165) is 30.6 Å². The van der Waals surface area contributed by atoms with E-state index in [4.69, 9.17) is 5.84 Å². The molecule has 0 amide bonds. The van der Waals surface area contributed by atoms with Gasteiger partial charge in [0, 0.05) is 13.1 Å². The summed E-state index contributed by atoms with van der Waals surface area (Å²) in [5, 5.41) is 17.8. The fourth-order valence-electron chi connectivity index (χ4n) is 2.53. The lowest BCUT2D eigenvalue weighted by atomic mass is 9.95. The SMILES string of the molecule is CC1(O)CCCN(c2nc(NN)nc3[nH]ncc23)C1. The highest BCUT2D eigenvalue weighted by atomic mass is 16.3. The van der Waals surface area contributed by atoms with Gasteiger partial charge in [0.1, 0.15) is 5.82 Å². The van der Waals surface area contributed by atoms with E-state index in [1.54, 1.807) is 6.20 Å². The molecular weight excluding hydrogens is 246 g/mol. The highest BCUT2D eigenvalue weighted by Crippen LogP contribution is 2.29. The molecule has 0 aromatic carbocycles. The summed E-state index contributed by atoms with van der Waals surface area (Å²) in [4.78, 5) is 10.6. The number of nitrogens with one attached hydrogen (secondary N) is 2. The van der Waals surface area contributed by atoms with E-state index in [1.807, 2.05) is 11.8 Å². The van der Waals surface area contributed by atoms with Gasteiger partial charge in [-0.1, -0.05) is 0 Å². The summed E-state index contributed by atoms with van der Waals surface area (Å²) in [6, 6.07) is 0. The van der Waals surface area contributed by atoms with Gasteiger partial charge in [0.2, 0.25) is 5.95 Å². The highest BCUT2D eigenvalue weighted by Gasteiger charge is 2.30. The van der Waals surface area contributed by atoms with Crippen molar-refractivity contribution in [2.24, 2.45) is 5.84 Å². The lowest BCUT2D eigenvalue weighted by Gasteiger charge is -2.37. The van der Waals surface area contributed by atoms with Gasteiger partial charge in [-0.25, -0.2) is 5.84 Å². The molecule has 8 heteroatoms. The Morgan fingerprint density at radius 1 is 1.53 bits per heavy atom. The number of rotatable bonds is 2. The fourth-order valence-corrected chi connectivity index (χ4v) is 2.53. The van der Waals surface area contributed by atoms with E-state index >= 15 is 0 Å². The summed E-state index contributed by atoms with van der Waals surface area (Å²) < 4.78 is 0. The van der Waals surface area contributed by atoms with Crippen LogP contribution in [0.4, 0.5) is 11.8 Å². The minimum atomic E-state index is -0.699. The van der Waals surface area contributed by atoms with E-state index in [2.05, 4.69) is 25.6 Å². The summed E-state index contributed by atoms with van der Waals surface area (Å²) in [6.45, 7) is 3.22. The molecule has 0 saturated carbocycles. The molecule has 1 fully saturated rings. The molecule has 1 saturated heterocycles. The minimum absolute atomic E-state index is 0.331. The zero-order valence-corrected chi connectivity index (χ0v) is 10.7. The standard InChI is InChI=1S/C11H17N7O/c1-11(19)3-2-4-18(6-11)9-7-5-13-17-8(7)14-10(15-9)16-12/h5,19H,2-4,6,12H2,1H3,(H2,13,14,15,16,17). The zero-order valence-electron chi connectivity index (χ0n) is 10.7. The molecule has 0 aliphatic carbocycles. The van der Waals surface area contributed by atoms with Gasteiger partial charge in [-0.3, -0.25) is 10.5 Å². The Balaban J connectivity index is 2.05. The zero-order chi connectivity index (χ0) is 13.5. The second-order valence-corrected chi connectivity index (χ2v) is 5.17. The number of anilines is 2. The van der Waals surface area contributed by atoms with Crippen LogP contribution in [0, 0.1) is 0 Å². The topological polar surface area (TPSA) is 116 Å². The first-order valence-corrected chi connectivity index (χ1v) is 6.24. The second-order valence-electron chi connectivity index (χ2n) is 5.17. The Morgan fingerprint density at radius 2 is 2.37 bits per heavy atom. The summed E-state index contributed by atoms with van der Waals surface area (Å²) in [5.41, 5.74) is 2.38. The second kappa shape index (κ2) is 4.32. The van der Waals surface area contributed by atoms with Gasteiger partial charge in [0.05, 0.1) is 17.2 Å². The van der Waals surface area contributed by atoms with E-state index in [9.17, 15) is 5.11 Å². The smallest absolute Gasteiger partial charge is 0.241 e. The third-order valence-corrected chi connectivity index (χ3v) is 3.39. The minimum Gasteiger partial charge on any atom is -0.388 e. The van der Waals surface area contributed by atoms with Crippen LogP contribution in [0.25, 0.3) is 11.0 Å². The van der Waals surface area contributed by atoms with Crippen molar-refractivity contribution in [3.8, 4) is 0 Å². The molecule has 0 spiro atoms. The van der Waals surface area contributed by atoms with Crippen molar-refractivity contribution in [1.29, 1.82) is 0 Å². The Morgan fingerprint density at radius 3 is 3.11 bits per heavy atom. The number of nitrogens with zero attached hydrogens (tertiary/aromatic N) is 4. The van der Waals surface area contributed by atoms with Crippen molar-refractivity contribution in [2.45, 2.75) is 25.4 Å². The average molecular weight is 263 g/mol. The summed E-state index contributed by atoms with van der Waals surface area (Å²) in [6.07, 6.45) is 3.40. The van der Waals surface area contributed by atoms with E-state index < -0.39 is 5.60 Å². The molecule has 1 aliphatic heterocycles. The third kappa shape index (κ3) is 2.20. The van der Waals surface area contributed by atoms with Gasteiger partial charge in [0.15, 0.2) is 5.65 Å². The summed E-state index contributed by atoms with van der Waals surface area (Å²) in [7, 11) is 0. The molecule has 1 unspecified atom stereocenters. The molecule has 3 heterocycles. The van der Waals surface area contributed by atoms with E-state index in [-0.39, 0.29) is 0 Å². The van der Waals surface area contributed by atoms with Gasteiger partial charge >= 0.3 is 0 Å². The average Bonchev–Trinajstić information content (AvgIpc) is 2.84. The Hall–Kier alpha value is -1.93. The highest BCUT2D eigenvalue weighted by molar-refractivity contribution is 5.87. The lowest BCUT2D eigenvalue weighted by molar-refractivity contribution is 0.0448. The number of fused-ring (bicyclic) bond motifs is 1. The fraction of sp³-hybridized carbons (Fsp3) is 0.545. The van der Waals surface area contributed by atoms with Crippen molar-refractivity contribution in [2.75, 3.05) is 23.4 Å². The number of hydrogen-bond acceptors (Lipinski definition) is 7. The van der Waals surface area contributed by atoms with Crippen LogP contribution in [0.5, 0.6) is 0 Å². The number of H-pyrrole nitrogens is 1. The van der Waals surface area contributed by atoms with Crippen LogP contribution in [0.3, 0.4) is 0 Å². The molecule has 2 aromatic heterocycles. The predicted octanol–water partition coefficient (Wildman–Crippen LogP) is -0.0103. The lowest BCUT2D eigenvalue weighted by Crippen LogP contribution is -2.46. The maximum absolute atomic E-state index is 10.2. The van der Waals surface area contributed by atoms with Crippen molar-refractivity contribution >= 4 is 22.8 Å². The van der Waals surface area contributed by atoms with Gasteiger partial charge in [-0.05, 0) is 19.8 Å². The van der Waals surface area contributed by atoms with Crippen LogP contribution < -0.4 is 16.2 Å². The molecule has 1 atom stereocenters. The number of hydrogen-bond donors (Lipinski definition) is 4. The maximum Gasteiger partial charge on any atom is 0.241 e. The molecule has 0 bridgehead atoms. The molecule has 1 aliphatic rings. The number of aromatic amines is 1. The molecule has 8 nitrogen and oxygen atoms in total. The number of nitrogen functional groups attached to an aromatic ring is 1. The van der Waals surface area contributed by atoms with Crippen LogP contribution in [0.15, 0.2) is 6.20 Å². The van der Waals surface area contributed by atoms with Crippen molar-refractivity contribution < 1.29 is 5.11 Å². The quantitative estimate of drug-likeness (QED) is 0.445. The summed E-state index contributed by atoms with van der Waals surface area (Å²) in [5.74, 6) is 6.46. The molecule has 102 valence electrons. The molecule has 3 rings (SSSR count). The van der Waals surface area contributed by atoms with Crippen LogP contribution in [-0.4, -0.2) is 44.0 Å². The number of hydrazine groups is 1. The van der Waals surface area contributed by atoms with Gasteiger partial charge in [-0.2, -0.15) is 15.1 Å². The Kier molecular flexibility index (Phi) is 2.76. The number of β-amino-alcohol motifs (C(OH)–C–C–N with tert-alkyl or cyclic N) is 1. The number of aromatic nitrogens is 4. The van der Waals surface area contributed by atoms with Crippen LogP contribution >= 0.6 is 0 Å². The number of aliphatic hydroxyl groups is 1. The normalized spacial score (nSPS) is 23.8. The van der Waals surface area contributed by atoms with Crippen LogP contribution in [-0.2, 0) is 0 Å². The first kappa shape index (κ1) is 12.1. The number of piperidine rings is 1. The number of nitrogens with two attached hydrogens (primary N) is 1. The van der Waals surface area contributed by atoms with Crippen molar-refractivity contribution in [1.82, 2.24) is 20.2 Å². The monoisotopic (exact) mass is 263 g/mol. The van der Waals surface area contributed by atoms with Crippen molar-refractivity contribution in [3.05, 3.63) is 6.20 Å². The van der Waals surface area contributed by atoms with Crippen LogP contribution in [0.1, 0.15) is 19.8 Å². The van der Waals surface area contributed by atoms with Gasteiger partial charge < -0.3 is 10.0 Å². The largest absolute Gasteiger partial charge is 0.388 e. The van der Waals surface area contributed by atoms with Crippen molar-refractivity contribution in [3.63, 3.8) is 0 Å². The Labute approximate surface area is 110 Å². The van der Waals surface area contributed by atoms with Crippen LogP contribution in [0.2, 0.25) is 0 Å². The first-order valence-electron chi connectivity index (χ1n) is 6.24. The molecule has 2 aromatic rings. The summed E-state index contributed by atoms with van der Waals surface area (Å²) >= 11 is 0. The molecule has 5 N–H and O–H groups in total. The molecule has 19 heavy (non-hydrogen) atoms. The third-order valence-electron chi connectivity index (χ3n) is 3.39. The first-order chi connectivity index (χ1) is 9.09. The van der Waals surface area contributed by atoms with Gasteiger partial charge in [-0.15, -0.1) is 0 Å². The maximum atomic E-state index is 10.2.